The highest BCUT2D eigenvalue weighted by Gasteiger charge is 2.43. The van der Waals surface area contributed by atoms with Gasteiger partial charge < -0.3 is 103 Å². The van der Waals surface area contributed by atoms with Crippen molar-refractivity contribution in [3.8, 4) is 17.2 Å². The fourth-order valence-electron chi connectivity index (χ4n) is 13.6. The zero-order valence-corrected chi connectivity index (χ0v) is 69.2. The Morgan fingerprint density at radius 2 is 0.982 bits per heavy atom. The number of carbonyl (C=O) groups excluding carboxylic acids is 1. The summed E-state index contributed by atoms with van der Waals surface area (Å²) in [5, 5.41) is 98.3. The Kier molecular flexibility index (Phi) is 28.2. The number of hydrogen-bond donors (Lipinski definition) is 9. The molecule has 3 saturated heterocycles. The fourth-order valence-corrected chi connectivity index (χ4v) is 15.6. The number of ether oxygens (including phenoxy) is 9. The molecule has 4 aromatic heterocycles. The van der Waals surface area contributed by atoms with Gasteiger partial charge in [-0.25, -0.2) is 9.97 Å². The summed E-state index contributed by atoms with van der Waals surface area (Å²) in [4.78, 5) is 73.4. The number of nitrogen functional groups attached to an aromatic ring is 1. The number of rotatable bonds is 24. The standard InChI is InChI=1S/C25H31IN4O8.C25H31IN4O7.C23H30IN3O8/c1-12-27-23-21(24(33)28-12)13(9-29(23)20-8-17(32)19(10-31)38-20)11-37-22(25(2,3)4)14-6-18(36-5)15(26)7-16(14)30(34)35;1-25(2,3)23(14-7-19(35-4)15(26)8-17(14)30(33)34)36-12-13-10-29(21-9-18(32)20(11-31)37-21)24-22(13)16(27)5-6-28-24;1-12-25-22(30)13(9-26(12)20-8-17(29)19(10-28)35-20)11-34-21(23(2,3)4)14-6-18(33-5)15(24)7-16(14)27(31)32/h6-7,9,17,19-20,22,31-32H,8,10-11H2,1-5H3,(H,27,28,33);5-8,10,18,20-21,23,31-32H,9,11-12H2,1-4H3,(H2,27,28);6-7,9,17,19-21,28-29H,1,8,10-11H2,2-5H3,(H,25,30)/t17?,19-,20-,22-;18?,20-,21-,23-;17?,19-,20-,21-/m111/s1. The van der Waals surface area contributed by atoms with Gasteiger partial charge in [-0.3, -0.25) is 39.9 Å². The van der Waals surface area contributed by atoms with Crippen LogP contribution in [0.5, 0.6) is 17.2 Å². The lowest BCUT2D eigenvalue weighted by Crippen LogP contribution is -2.44. The molecule has 8 heterocycles. The Bertz CT molecular complexity index is 4670. The third kappa shape index (κ3) is 19.3. The summed E-state index contributed by atoms with van der Waals surface area (Å²) in [6, 6.07) is 11.0. The van der Waals surface area contributed by atoms with Crippen LogP contribution < -0.4 is 30.8 Å². The molecule has 4 aliphatic heterocycles. The van der Waals surface area contributed by atoms with Crippen molar-refractivity contribution < 1.29 is 92.8 Å². The van der Waals surface area contributed by atoms with Crippen LogP contribution in [0.25, 0.3) is 22.1 Å². The van der Waals surface area contributed by atoms with Gasteiger partial charge in [-0.2, -0.15) is 0 Å². The molecule has 0 radical (unpaired) electrons. The molecule has 0 bridgehead atoms. The summed E-state index contributed by atoms with van der Waals surface area (Å²) in [5.41, 5.74) is 8.10. The van der Waals surface area contributed by atoms with Crippen LogP contribution in [0.15, 0.2) is 90.0 Å². The molecule has 7 aromatic rings. The van der Waals surface area contributed by atoms with E-state index in [1.54, 1.807) is 57.6 Å². The Balaban J connectivity index is 0.000000190. The SMILES string of the molecule is C=C1NC(=O)C(CO[C@H](c2cc(OC)c(I)cc2[N+](=O)[O-])C(C)(C)C)=CN1[C@H]1CC(O)[C@@H](CO)O1.COc1cc([C@@H](OCc2cn([C@H]3CC(O)[C@@H](CO)O3)c3nc(C)[nH]c(=O)c23)C(C)(C)C)c([N+](=O)[O-])cc1I.COc1cc([C@@H](OCc2cn([C@H]3CC(O)[C@@H](CO)O3)c3nccc(N)c23)C(C)(C)C)c([N+](=O)[O-])cc1I. The fraction of sp³-hybridized carbons (Fsp3) is 0.507. The van der Waals surface area contributed by atoms with Gasteiger partial charge in [0.1, 0.15) is 77.2 Å². The average Bonchev–Trinajstić information content (AvgIpc) is 1.53. The molecule has 1 amide bonds. The summed E-state index contributed by atoms with van der Waals surface area (Å²) in [6.45, 7) is 21.7. The quantitative estimate of drug-likeness (QED) is 0.0154. The third-order valence-corrected chi connectivity index (χ3v) is 21.4. The van der Waals surface area contributed by atoms with Crippen molar-refractivity contribution in [2.45, 2.75) is 175 Å². The molecular formula is C73H92I3N11O23. The number of fused-ring (bicyclic) bond motifs is 2. The molecule has 12 atom stereocenters. The van der Waals surface area contributed by atoms with Crippen molar-refractivity contribution in [1.82, 2.24) is 34.3 Å². The van der Waals surface area contributed by atoms with Crippen LogP contribution in [0.4, 0.5) is 22.7 Å². The van der Waals surface area contributed by atoms with Crippen molar-refractivity contribution in [3.05, 3.63) is 170 Å². The van der Waals surface area contributed by atoms with Gasteiger partial charge in [0.15, 0.2) is 0 Å². The molecular weight excluding hydrogens is 1780 g/mol. The van der Waals surface area contributed by atoms with E-state index in [1.807, 2.05) is 136 Å². The third-order valence-electron chi connectivity index (χ3n) is 18.9. The zero-order valence-electron chi connectivity index (χ0n) is 62.8. The van der Waals surface area contributed by atoms with Crippen molar-refractivity contribution >= 4 is 118 Å². The van der Waals surface area contributed by atoms with E-state index in [0.717, 1.165) is 5.56 Å². The van der Waals surface area contributed by atoms with E-state index in [1.165, 1.54) is 45.7 Å². The van der Waals surface area contributed by atoms with E-state index < -0.39 is 111 Å². The number of halogens is 3. The van der Waals surface area contributed by atoms with Crippen LogP contribution in [0.2, 0.25) is 0 Å². The minimum Gasteiger partial charge on any atom is -0.496 e. The van der Waals surface area contributed by atoms with Crippen molar-refractivity contribution in [1.29, 1.82) is 0 Å². The Labute approximate surface area is 673 Å². The van der Waals surface area contributed by atoms with Gasteiger partial charge in [0.2, 0.25) is 0 Å². The molecule has 11 rings (SSSR count). The zero-order chi connectivity index (χ0) is 81.1. The minimum atomic E-state index is -0.869. The van der Waals surface area contributed by atoms with E-state index in [9.17, 15) is 70.6 Å². The second-order valence-corrected chi connectivity index (χ2v) is 33.4. The second-order valence-electron chi connectivity index (χ2n) is 30.0. The molecule has 4 aliphatic rings. The second kappa shape index (κ2) is 35.8. The number of nitro groups is 3. The van der Waals surface area contributed by atoms with Gasteiger partial charge >= 0.3 is 0 Å². The molecule has 34 nitrogen and oxygen atoms in total. The molecule has 3 unspecified atom stereocenters. The summed E-state index contributed by atoms with van der Waals surface area (Å²) in [7, 11) is 4.51. The van der Waals surface area contributed by atoms with Crippen LogP contribution in [0, 0.1) is 64.2 Å². The molecule has 0 aliphatic carbocycles. The Morgan fingerprint density at radius 3 is 1.35 bits per heavy atom. The first-order chi connectivity index (χ1) is 51.7. The number of amides is 1. The van der Waals surface area contributed by atoms with Crippen LogP contribution >= 0.6 is 67.8 Å². The minimum absolute atomic E-state index is 0.0443. The van der Waals surface area contributed by atoms with Crippen LogP contribution in [-0.2, 0) is 46.4 Å². The normalized spacial score (nSPS) is 21.7. The molecule has 0 spiro atoms. The smallest absolute Gasteiger partial charge is 0.276 e. The molecule has 598 valence electrons. The van der Waals surface area contributed by atoms with E-state index in [0.29, 0.717) is 83.8 Å². The number of aliphatic hydroxyl groups is 6. The Hall–Kier alpha value is -7.37. The number of hydrogen-bond acceptors (Lipinski definition) is 27. The summed E-state index contributed by atoms with van der Waals surface area (Å²) in [5.74, 6) is 1.75. The number of nitrogens with two attached hydrogens (primary N) is 1. The topological polar surface area (TPSA) is 461 Å². The van der Waals surface area contributed by atoms with Gasteiger partial charge in [-0.05, 0) is 115 Å². The van der Waals surface area contributed by atoms with Crippen LogP contribution in [-0.4, -0.2) is 171 Å². The predicted octanol–water partition coefficient (Wildman–Crippen LogP) is 10.2. The number of nitrogens with zero attached hydrogens (tertiary/aromatic N) is 8. The molecule has 3 aromatic carbocycles. The van der Waals surface area contributed by atoms with Gasteiger partial charge in [-0.1, -0.05) is 68.9 Å². The lowest BCUT2D eigenvalue weighted by molar-refractivity contribution is -0.386. The number of pyridine rings is 1. The van der Waals surface area contributed by atoms with Crippen LogP contribution in [0.3, 0.4) is 0 Å². The number of aromatic amines is 1. The molecule has 0 saturated carbocycles. The first kappa shape index (κ1) is 86.6. The molecule has 37 heteroatoms. The van der Waals surface area contributed by atoms with E-state index in [-0.39, 0.29) is 92.9 Å². The van der Waals surface area contributed by atoms with Crippen molar-refractivity contribution in [2.24, 2.45) is 16.2 Å². The molecule has 3 fully saturated rings. The lowest BCUT2D eigenvalue weighted by atomic mass is 9.83. The van der Waals surface area contributed by atoms with E-state index >= 15 is 0 Å². The number of aromatic nitrogens is 5. The number of nitro benzene ring substituents is 3. The number of carbonyl (C=O) groups is 1. The number of anilines is 1. The predicted molar refractivity (Wildman–Crippen MR) is 425 cm³/mol. The maximum Gasteiger partial charge on any atom is 0.276 e. The largest absolute Gasteiger partial charge is 0.496 e. The maximum absolute atomic E-state index is 13.0. The first-order valence-electron chi connectivity index (χ1n) is 34.7. The number of nitrogens with one attached hydrogen (secondary N) is 2. The summed E-state index contributed by atoms with van der Waals surface area (Å²) in [6.07, 6.45) is -1.34. The average molecular weight is 1870 g/mol. The van der Waals surface area contributed by atoms with Gasteiger partial charge in [-0.15, -0.1) is 0 Å². The number of aliphatic hydroxyl groups excluding tert-OH is 6. The van der Waals surface area contributed by atoms with Crippen LogP contribution in [0.1, 0.15) is 146 Å². The monoisotopic (exact) mass is 1870 g/mol. The molecule has 10 N–H and O–H groups in total. The summed E-state index contributed by atoms with van der Waals surface area (Å²) < 4.78 is 57.8. The highest BCUT2D eigenvalue weighted by molar-refractivity contribution is 14.1. The summed E-state index contributed by atoms with van der Waals surface area (Å²) >= 11 is 5.98. The highest BCUT2D eigenvalue weighted by Crippen LogP contribution is 2.48. The first-order valence-corrected chi connectivity index (χ1v) is 38.0. The van der Waals surface area contributed by atoms with E-state index in [2.05, 4.69) is 26.8 Å². The van der Waals surface area contributed by atoms with Crippen molar-refractivity contribution in [2.75, 3.05) is 53.5 Å². The highest BCUT2D eigenvalue weighted by atomic mass is 127. The number of aryl methyl sites for hydroxylation is 1. The van der Waals surface area contributed by atoms with Gasteiger partial charge in [0, 0.05) is 84.5 Å². The van der Waals surface area contributed by atoms with Crippen molar-refractivity contribution in [3.63, 3.8) is 0 Å². The number of benzene rings is 3. The lowest BCUT2D eigenvalue weighted by Gasteiger charge is -2.35. The van der Waals surface area contributed by atoms with Gasteiger partial charge in [0.25, 0.3) is 28.5 Å². The Morgan fingerprint density at radius 1 is 0.609 bits per heavy atom. The van der Waals surface area contributed by atoms with E-state index in [4.69, 9.17) is 48.4 Å². The maximum atomic E-state index is 13.0. The van der Waals surface area contributed by atoms with Gasteiger partial charge in [0.05, 0.1) is 151 Å². The molecule has 110 heavy (non-hydrogen) atoms. The number of methoxy groups -OCH3 is 3. The number of H-pyrrole nitrogens is 1.